The van der Waals surface area contributed by atoms with Gasteiger partial charge in [0.15, 0.2) is 0 Å². The van der Waals surface area contributed by atoms with E-state index in [0.717, 1.165) is 25.7 Å². The Morgan fingerprint density at radius 2 is 1.60 bits per heavy atom. The number of esters is 2. The van der Waals surface area contributed by atoms with Gasteiger partial charge < -0.3 is 9.47 Å². The highest BCUT2D eigenvalue weighted by Crippen LogP contribution is 2.24. The lowest BCUT2D eigenvalue weighted by molar-refractivity contribution is -0.146. The average molecular weight is 286 g/mol. The van der Waals surface area contributed by atoms with Crippen molar-refractivity contribution in [2.24, 2.45) is 5.92 Å². The first kappa shape index (κ1) is 18.9. The second-order valence-electron chi connectivity index (χ2n) is 5.24. The van der Waals surface area contributed by atoms with Gasteiger partial charge in [0.25, 0.3) is 0 Å². The molecule has 118 valence electrons. The Kier molecular flexibility index (Phi) is 12.3. The molecule has 0 aromatic heterocycles. The van der Waals surface area contributed by atoms with E-state index in [2.05, 4.69) is 16.4 Å². The van der Waals surface area contributed by atoms with Crippen molar-refractivity contribution in [3.8, 4) is 0 Å². The standard InChI is InChI=1S/C8H14O2.C8H16O2/c1-10-8(9)7-5-3-2-4-6-7;1-3-4-5-6-7-8(9)10-2/h7H,2-6H2,1H3;3-7H2,1-2H3. The summed E-state index contributed by atoms with van der Waals surface area (Å²) in [6.45, 7) is 2.15. The Bertz CT molecular complexity index is 257. The van der Waals surface area contributed by atoms with Crippen LogP contribution in [0.1, 0.15) is 71.1 Å². The molecule has 1 aliphatic carbocycles. The van der Waals surface area contributed by atoms with Crippen molar-refractivity contribution < 1.29 is 19.1 Å². The smallest absolute Gasteiger partial charge is 0.308 e. The fourth-order valence-corrected chi connectivity index (χ4v) is 2.30. The van der Waals surface area contributed by atoms with Gasteiger partial charge in [0.1, 0.15) is 0 Å². The summed E-state index contributed by atoms with van der Waals surface area (Å²) in [4.78, 5) is 21.5. The van der Waals surface area contributed by atoms with Crippen LogP contribution in [0.15, 0.2) is 0 Å². The number of carbonyl (C=O) groups excluding carboxylic acids is 2. The molecule has 0 saturated heterocycles. The first-order valence-electron chi connectivity index (χ1n) is 7.80. The van der Waals surface area contributed by atoms with Crippen LogP contribution in [0, 0.1) is 5.92 Å². The Morgan fingerprint density at radius 3 is 2.10 bits per heavy atom. The zero-order valence-corrected chi connectivity index (χ0v) is 13.3. The summed E-state index contributed by atoms with van der Waals surface area (Å²) in [6.07, 6.45) is 10.9. The molecule has 0 atom stereocenters. The van der Waals surface area contributed by atoms with Gasteiger partial charge in [-0.1, -0.05) is 45.4 Å². The van der Waals surface area contributed by atoms with Crippen molar-refractivity contribution in [3.05, 3.63) is 0 Å². The van der Waals surface area contributed by atoms with Gasteiger partial charge in [0.05, 0.1) is 20.1 Å². The van der Waals surface area contributed by atoms with Crippen LogP contribution in [-0.2, 0) is 19.1 Å². The molecule has 1 rings (SSSR count). The number of methoxy groups -OCH3 is 2. The van der Waals surface area contributed by atoms with Gasteiger partial charge in [-0.25, -0.2) is 0 Å². The monoisotopic (exact) mass is 286 g/mol. The van der Waals surface area contributed by atoms with E-state index in [4.69, 9.17) is 0 Å². The molecule has 0 bridgehead atoms. The van der Waals surface area contributed by atoms with E-state index < -0.39 is 0 Å². The highest BCUT2D eigenvalue weighted by atomic mass is 16.5. The fourth-order valence-electron chi connectivity index (χ4n) is 2.30. The van der Waals surface area contributed by atoms with Crippen molar-refractivity contribution in [3.63, 3.8) is 0 Å². The summed E-state index contributed by atoms with van der Waals surface area (Å²) in [5, 5.41) is 0. The summed E-state index contributed by atoms with van der Waals surface area (Å²) < 4.78 is 9.14. The number of ether oxygens (including phenoxy) is 2. The second-order valence-corrected chi connectivity index (χ2v) is 5.24. The van der Waals surface area contributed by atoms with Crippen molar-refractivity contribution in [2.45, 2.75) is 71.1 Å². The third kappa shape index (κ3) is 9.82. The summed E-state index contributed by atoms with van der Waals surface area (Å²) in [5.41, 5.74) is 0. The van der Waals surface area contributed by atoms with Crippen LogP contribution in [0.25, 0.3) is 0 Å². The molecule has 0 aliphatic heterocycles. The average Bonchev–Trinajstić information content (AvgIpc) is 2.52. The number of hydrogen-bond donors (Lipinski definition) is 0. The molecule has 0 radical (unpaired) electrons. The number of unbranched alkanes of at least 4 members (excludes halogenated alkanes) is 3. The molecule has 1 aliphatic rings. The summed E-state index contributed by atoms with van der Waals surface area (Å²) in [6, 6.07) is 0. The van der Waals surface area contributed by atoms with E-state index in [-0.39, 0.29) is 17.9 Å². The molecular weight excluding hydrogens is 256 g/mol. The Morgan fingerprint density at radius 1 is 0.950 bits per heavy atom. The van der Waals surface area contributed by atoms with Gasteiger partial charge >= 0.3 is 11.9 Å². The van der Waals surface area contributed by atoms with E-state index >= 15 is 0 Å². The van der Waals surface area contributed by atoms with Crippen molar-refractivity contribution in [1.29, 1.82) is 0 Å². The van der Waals surface area contributed by atoms with E-state index in [1.807, 2.05) is 0 Å². The number of carbonyl (C=O) groups is 2. The second kappa shape index (κ2) is 12.9. The maximum absolute atomic E-state index is 10.9. The highest BCUT2D eigenvalue weighted by molar-refractivity contribution is 5.72. The highest BCUT2D eigenvalue weighted by Gasteiger charge is 2.20. The molecule has 0 aromatic carbocycles. The summed E-state index contributed by atoms with van der Waals surface area (Å²) in [5.74, 6) is 0.106. The van der Waals surface area contributed by atoms with Crippen LogP contribution in [0.5, 0.6) is 0 Å². The topological polar surface area (TPSA) is 52.6 Å². The molecular formula is C16H30O4. The molecule has 0 heterocycles. The van der Waals surface area contributed by atoms with Gasteiger partial charge in [0.2, 0.25) is 0 Å². The Hall–Kier alpha value is -1.06. The maximum atomic E-state index is 10.9. The minimum Gasteiger partial charge on any atom is -0.469 e. The lowest BCUT2D eigenvalue weighted by Crippen LogP contribution is -2.18. The molecule has 1 saturated carbocycles. The van der Waals surface area contributed by atoms with Crippen LogP contribution in [0.4, 0.5) is 0 Å². The molecule has 20 heavy (non-hydrogen) atoms. The molecule has 4 nitrogen and oxygen atoms in total. The van der Waals surface area contributed by atoms with E-state index in [0.29, 0.717) is 6.42 Å². The van der Waals surface area contributed by atoms with Gasteiger partial charge in [-0.2, -0.15) is 0 Å². The van der Waals surface area contributed by atoms with E-state index in [9.17, 15) is 9.59 Å². The van der Waals surface area contributed by atoms with Gasteiger partial charge in [-0.3, -0.25) is 9.59 Å². The van der Waals surface area contributed by atoms with E-state index in [1.54, 1.807) is 0 Å². The SMILES string of the molecule is CCCCCCC(=O)OC.COC(=O)C1CCCCC1. The van der Waals surface area contributed by atoms with Crippen LogP contribution in [0.3, 0.4) is 0 Å². The minimum atomic E-state index is -0.0869. The first-order valence-corrected chi connectivity index (χ1v) is 7.80. The van der Waals surface area contributed by atoms with Crippen molar-refractivity contribution >= 4 is 11.9 Å². The summed E-state index contributed by atoms with van der Waals surface area (Å²) >= 11 is 0. The normalized spacial score (nSPS) is 14.9. The summed E-state index contributed by atoms with van der Waals surface area (Å²) in [7, 11) is 2.90. The van der Waals surface area contributed by atoms with E-state index in [1.165, 1.54) is 46.3 Å². The van der Waals surface area contributed by atoms with Crippen LogP contribution in [0.2, 0.25) is 0 Å². The number of hydrogen-bond acceptors (Lipinski definition) is 4. The lowest BCUT2D eigenvalue weighted by atomic mass is 9.89. The lowest BCUT2D eigenvalue weighted by Gasteiger charge is -2.18. The molecule has 0 aromatic rings. The maximum Gasteiger partial charge on any atom is 0.308 e. The quantitative estimate of drug-likeness (QED) is 0.549. The van der Waals surface area contributed by atoms with Crippen molar-refractivity contribution in [2.75, 3.05) is 14.2 Å². The van der Waals surface area contributed by atoms with Crippen LogP contribution >= 0.6 is 0 Å². The third-order valence-corrected chi connectivity index (χ3v) is 3.60. The zero-order valence-electron chi connectivity index (χ0n) is 13.3. The predicted octanol–water partition coefficient (Wildman–Crippen LogP) is 3.87. The molecule has 1 fully saturated rings. The fraction of sp³-hybridized carbons (Fsp3) is 0.875. The van der Waals surface area contributed by atoms with Crippen LogP contribution in [-0.4, -0.2) is 26.2 Å². The first-order chi connectivity index (χ1) is 9.65. The van der Waals surface area contributed by atoms with Gasteiger partial charge in [0, 0.05) is 6.42 Å². The largest absolute Gasteiger partial charge is 0.469 e. The third-order valence-electron chi connectivity index (χ3n) is 3.60. The van der Waals surface area contributed by atoms with Gasteiger partial charge in [-0.15, -0.1) is 0 Å². The zero-order chi connectivity index (χ0) is 15.2. The number of rotatable bonds is 6. The van der Waals surface area contributed by atoms with Crippen molar-refractivity contribution in [1.82, 2.24) is 0 Å². The Labute approximate surface area is 123 Å². The minimum absolute atomic E-state index is 0.0142. The van der Waals surface area contributed by atoms with Gasteiger partial charge in [-0.05, 0) is 19.3 Å². The molecule has 0 unspecified atom stereocenters. The molecule has 4 heteroatoms. The molecule has 0 spiro atoms. The molecule has 0 N–H and O–H groups in total. The predicted molar refractivity (Wildman–Crippen MR) is 79.4 cm³/mol. The molecule has 0 amide bonds. The van der Waals surface area contributed by atoms with Crippen LogP contribution < -0.4 is 0 Å². The Balaban J connectivity index is 0.000000361.